The molecule has 13 heavy (non-hydrogen) atoms. The molecule has 1 saturated carbocycles. The summed E-state index contributed by atoms with van der Waals surface area (Å²) in [7, 11) is 0. The Bertz CT molecular complexity index is 262. The van der Waals surface area contributed by atoms with Gasteiger partial charge in [-0.3, -0.25) is 9.69 Å². The summed E-state index contributed by atoms with van der Waals surface area (Å²) in [5.74, 6) is 0.0220. The molecule has 0 aromatic carbocycles. The van der Waals surface area contributed by atoms with Crippen molar-refractivity contribution < 1.29 is 14.6 Å². The van der Waals surface area contributed by atoms with Crippen molar-refractivity contribution in [2.75, 3.05) is 0 Å². The van der Waals surface area contributed by atoms with Gasteiger partial charge in [0.1, 0.15) is 18.1 Å². The second-order valence-electron chi connectivity index (χ2n) is 4.19. The van der Waals surface area contributed by atoms with Gasteiger partial charge in [0.15, 0.2) is 0 Å². The summed E-state index contributed by atoms with van der Waals surface area (Å²) in [5.41, 5.74) is -0.522. The Morgan fingerprint density at radius 1 is 1.46 bits per heavy atom. The molecule has 0 aromatic rings. The highest BCUT2D eigenvalue weighted by molar-refractivity contribution is 5.88. The minimum Gasteiger partial charge on any atom is -0.373 e. The van der Waals surface area contributed by atoms with E-state index in [9.17, 15) is 9.90 Å². The van der Waals surface area contributed by atoms with E-state index in [1.807, 2.05) is 0 Å². The molecular formula is C9H13NO3. The summed E-state index contributed by atoms with van der Waals surface area (Å²) in [6.45, 7) is 0. The number of carbonyl (C=O) groups excluding carboxylic acids is 1. The van der Waals surface area contributed by atoms with Crippen LogP contribution in [0, 0.1) is 0 Å². The molecule has 0 radical (unpaired) electrons. The van der Waals surface area contributed by atoms with Crippen LogP contribution in [0.5, 0.6) is 0 Å². The van der Waals surface area contributed by atoms with Crippen LogP contribution < -0.4 is 0 Å². The van der Waals surface area contributed by atoms with Crippen LogP contribution in [0.1, 0.15) is 32.1 Å². The van der Waals surface area contributed by atoms with Crippen LogP contribution in [0.3, 0.4) is 0 Å². The molecule has 2 unspecified atom stereocenters. The third kappa shape index (κ3) is 0.802. The number of aliphatic hydroxyl groups excluding tert-OH is 1. The molecular weight excluding hydrogens is 170 g/mol. The van der Waals surface area contributed by atoms with Crippen molar-refractivity contribution in [3.05, 3.63) is 0 Å². The third-order valence-electron chi connectivity index (χ3n) is 3.45. The molecule has 3 aliphatic rings. The molecule has 2 atom stereocenters. The molecule has 2 saturated heterocycles. The second kappa shape index (κ2) is 2.25. The van der Waals surface area contributed by atoms with Gasteiger partial charge < -0.3 is 9.84 Å². The number of rotatable bonds is 0. The largest absolute Gasteiger partial charge is 0.373 e. The topological polar surface area (TPSA) is 49.8 Å². The van der Waals surface area contributed by atoms with Gasteiger partial charge in [0.05, 0.1) is 0 Å². The fourth-order valence-electron chi connectivity index (χ4n) is 2.52. The van der Waals surface area contributed by atoms with Gasteiger partial charge in [-0.25, -0.2) is 0 Å². The molecule has 1 spiro atoms. The lowest BCUT2D eigenvalue weighted by atomic mass is 9.79. The first-order valence-electron chi connectivity index (χ1n) is 4.92. The monoisotopic (exact) mass is 183 g/mol. The molecule has 2 heterocycles. The SMILES string of the molecule is O=C1N2C(O)CCC2OC12CCC2. The molecule has 1 N–H and O–H groups in total. The molecule has 4 nitrogen and oxygen atoms in total. The Balaban J connectivity index is 1.90. The molecule has 4 heteroatoms. The van der Waals surface area contributed by atoms with E-state index in [2.05, 4.69) is 0 Å². The van der Waals surface area contributed by atoms with Gasteiger partial charge in [0.2, 0.25) is 0 Å². The van der Waals surface area contributed by atoms with Gasteiger partial charge in [0.25, 0.3) is 5.91 Å². The predicted molar refractivity (Wildman–Crippen MR) is 43.5 cm³/mol. The summed E-state index contributed by atoms with van der Waals surface area (Å²) in [6, 6.07) is 0. The summed E-state index contributed by atoms with van der Waals surface area (Å²) < 4.78 is 5.71. The first-order chi connectivity index (χ1) is 6.23. The maximum absolute atomic E-state index is 11.8. The average molecular weight is 183 g/mol. The maximum Gasteiger partial charge on any atom is 0.259 e. The van der Waals surface area contributed by atoms with Crippen molar-refractivity contribution in [1.29, 1.82) is 0 Å². The number of amides is 1. The summed E-state index contributed by atoms with van der Waals surface area (Å²) in [5, 5.41) is 9.55. The number of nitrogens with zero attached hydrogens (tertiary/aromatic N) is 1. The maximum atomic E-state index is 11.8. The van der Waals surface area contributed by atoms with E-state index < -0.39 is 11.8 Å². The van der Waals surface area contributed by atoms with Crippen molar-refractivity contribution >= 4 is 5.91 Å². The van der Waals surface area contributed by atoms with Gasteiger partial charge in [-0.05, 0) is 32.1 Å². The number of fused-ring (bicyclic) bond motifs is 1. The Labute approximate surface area is 76.5 Å². The van der Waals surface area contributed by atoms with E-state index in [0.29, 0.717) is 6.42 Å². The van der Waals surface area contributed by atoms with Crippen LogP contribution in [0.15, 0.2) is 0 Å². The molecule has 0 aromatic heterocycles. The molecule has 3 rings (SSSR count). The van der Waals surface area contributed by atoms with E-state index in [-0.39, 0.29) is 12.1 Å². The zero-order chi connectivity index (χ0) is 9.05. The second-order valence-corrected chi connectivity index (χ2v) is 4.19. The first-order valence-corrected chi connectivity index (χ1v) is 4.92. The summed E-state index contributed by atoms with van der Waals surface area (Å²) >= 11 is 0. The Morgan fingerprint density at radius 2 is 2.23 bits per heavy atom. The van der Waals surface area contributed by atoms with E-state index in [0.717, 1.165) is 25.7 Å². The summed E-state index contributed by atoms with van der Waals surface area (Å²) in [6.07, 6.45) is 3.46. The molecule has 72 valence electrons. The number of carbonyl (C=O) groups is 1. The Morgan fingerprint density at radius 3 is 2.77 bits per heavy atom. The summed E-state index contributed by atoms with van der Waals surface area (Å²) in [4.78, 5) is 13.4. The zero-order valence-electron chi connectivity index (χ0n) is 7.40. The van der Waals surface area contributed by atoms with E-state index in [1.165, 1.54) is 4.90 Å². The van der Waals surface area contributed by atoms with Crippen molar-refractivity contribution in [3.8, 4) is 0 Å². The van der Waals surface area contributed by atoms with Crippen LogP contribution in [0.2, 0.25) is 0 Å². The van der Waals surface area contributed by atoms with Crippen LogP contribution >= 0.6 is 0 Å². The number of hydrogen-bond acceptors (Lipinski definition) is 3. The van der Waals surface area contributed by atoms with Gasteiger partial charge >= 0.3 is 0 Å². The Hall–Kier alpha value is -0.610. The lowest BCUT2D eigenvalue weighted by molar-refractivity contribution is -0.149. The van der Waals surface area contributed by atoms with Gasteiger partial charge in [-0.15, -0.1) is 0 Å². The van der Waals surface area contributed by atoms with Crippen molar-refractivity contribution in [1.82, 2.24) is 4.90 Å². The predicted octanol–water partition coefficient (Wildman–Crippen LogP) is 0.206. The number of aliphatic hydroxyl groups is 1. The minimum absolute atomic E-state index is 0.0220. The molecule has 0 bridgehead atoms. The fourth-order valence-corrected chi connectivity index (χ4v) is 2.52. The smallest absolute Gasteiger partial charge is 0.259 e. The molecule has 2 aliphatic heterocycles. The van der Waals surface area contributed by atoms with Crippen LogP contribution in [-0.4, -0.2) is 34.0 Å². The minimum atomic E-state index is -0.600. The van der Waals surface area contributed by atoms with Gasteiger partial charge in [-0.1, -0.05) is 0 Å². The Kier molecular flexibility index (Phi) is 1.34. The van der Waals surface area contributed by atoms with Crippen LogP contribution in [-0.2, 0) is 9.53 Å². The highest BCUT2D eigenvalue weighted by atomic mass is 16.6. The standard InChI is InChI=1S/C9H13NO3/c11-6-2-3-7-10(6)8(12)9(13-7)4-1-5-9/h6-7,11H,1-5H2. The average Bonchev–Trinajstić information content (AvgIpc) is 2.51. The lowest BCUT2D eigenvalue weighted by Crippen LogP contribution is -2.48. The lowest BCUT2D eigenvalue weighted by Gasteiger charge is -2.35. The van der Waals surface area contributed by atoms with Crippen molar-refractivity contribution in [2.45, 2.75) is 50.2 Å². The van der Waals surface area contributed by atoms with E-state index in [4.69, 9.17) is 4.74 Å². The normalized spacial score (nSPS) is 41.0. The van der Waals surface area contributed by atoms with Gasteiger partial charge in [0, 0.05) is 0 Å². The van der Waals surface area contributed by atoms with E-state index in [1.54, 1.807) is 0 Å². The van der Waals surface area contributed by atoms with Gasteiger partial charge in [-0.2, -0.15) is 0 Å². The highest BCUT2D eigenvalue weighted by Gasteiger charge is 2.59. The number of ether oxygens (including phenoxy) is 1. The van der Waals surface area contributed by atoms with Crippen molar-refractivity contribution in [2.24, 2.45) is 0 Å². The van der Waals surface area contributed by atoms with Crippen LogP contribution in [0.25, 0.3) is 0 Å². The van der Waals surface area contributed by atoms with Crippen LogP contribution in [0.4, 0.5) is 0 Å². The van der Waals surface area contributed by atoms with E-state index >= 15 is 0 Å². The molecule has 1 amide bonds. The van der Waals surface area contributed by atoms with Crippen molar-refractivity contribution in [3.63, 3.8) is 0 Å². The quantitative estimate of drug-likeness (QED) is 0.584. The number of hydrogen-bond donors (Lipinski definition) is 1. The highest BCUT2D eigenvalue weighted by Crippen LogP contribution is 2.47. The molecule has 3 fully saturated rings. The molecule has 1 aliphatic carbocycles. The third-order valence-corrected chi connectivity index (χ3v) is 3.45. The first kappa shape index (κ1) is 7.76. The fraction of sp³-hybridized carbons (Fsp3) is 0.889. The zero-order valence-corrected chi connectivity index (χ0v) is 7.40.